The third kappa shape index (κ3) is 8.41. The normalized spacial score (nSPS) is 13.6. The molecule has 3 heterocycles. The third-order valence-electron chi connectivity index (χ3n) is 17.1. The highest BCUT2D eigenvalue weighted by Crippen LogP contribution is 2.56. The molecule has 0 radical (unpaired) electrons. The van der Waals surface area contributed by atoms with Gasteiger partial charge in [-0.2, -0.15) is 0 Å². The zero-order chi connectivity index (χ0) is 55.2. The average molecular weight is 1050 g/mol. The first-order valence-corrected chi connectivity index (χ1v) is 28.4. The highest BCUT2D eigenvalue weighted by atomic mass is 16.5. The van der Waals surface area contributed by atoms with E-state index in [9.17, 15) is 0 Å². The predicted octanol–water partition coefficient (Wildman–Crippen LogP) is 20.1. The van der Waals surface area contributed by atoms with E-state index < -0.39 is 5.41 Å². The Balaban J connectivity index is 0.972. The molecule has 394 valence electrons. The van der Waals surface area contributed by atoms with Gasteiger partial charge in [-0.1, -0.05) is 211 Å². The first-order chi connectivity index (χ1) is 39.3. The average Bonchev–Trinajstić information content (AvgIpc) is 3.43. The summed E-state index contributed by atoms with van der Waals surface area (Å²) in [6.07, 6.45) is 1.95. The number of ether oxygens (including phenoxy) is 1. The number of fused-ring (bicyclic) bond motifs is 7. The molecule has 10 aromatic carbocycles. The molecule has 0 bridgehead atoms. The van der Waals surface area contributed by atoms with Crippen LogP contribution in [-0.2, 0) is 16.2 Å². The number of rotatable bonds is 9. The SMILES string of the molecule is CC(C)(C)c1ccnc(-n2c3cc(Oc4cc(N5CN(c6c(-c7ccccc7)cc(C(C)(C)C)cc6-c6ccccc6)c6ccccc65)cc(C5(C)c6ccccc6-c6ccccc65)c4)ccc3c3cccc(-c4ccccc4)c32)c1. The van der Waals surface area contributed by atoms with Crippen LogP contribution in [0.1, 0.15) is 76.3 Å². The van der Waals surface area contributed by atoms with Crippen LogP contribution in [0.2, 0.25) is 0 Å². The molecule has 0 amide bonds. The number of aromatic nitrogens is 2. The minimum atomic E-state index is -0.502. The van der Waals surface area contributed by atoms with Crippen molar-refractivity contribution in [1.82, 2.24) is 9.55 Å². The van der Waals surface area contributed by atoms with Crippen molar-refractivity contribution in [2.24, 2.45) is 0 Å². The maximum Gasteiger partial charge on any atom is 0.137 e. The highest BCUT2D eigenvalue weighted by Gasteiger charge is 2.42. The van der Waals surface area contributed by atoms with Crippen molar-refractivity contribution in [3.63, 3.8) is 0 Å². The number of pyridine rings is 1. The summed E-state index contributed by atoms with van der Waals surface area (Å²) in [5.41, 5.74) is 21.8. The molecule has 2 aliphatic rings. The summed E-state index contributed by atoms with van der Waals surface area (Å²) in [4.78, 5) is 10.2. The Morgan fingerprint density at radius 1 is 0.432 bits per heavy atom. The van der Waals surface area contributed by atoms with E-state index in [1.54, 1.807) is 0 Å². The molecule has 0 spiro atoms. The largest absolute Gasteiger partial charge is 0.457 e. The van der Waals surface area contributed by atoms with Gasteiger partial charge in [0.1, 0.15) is 24.0 Å². The quantitative estimate of drug-likeness (QED) is 0.144. The summed E-state index contributed by atoms with van der Waals surface area (Å²) in [7, 11) is 0. The van der Waals surface area contributed by atoms with Crippen LogP contribution in [0, 0.1) is 0 Å². The number of hydrogen-bond donors (Lipinski definition) is 0. The summed E-state index contributed by atoms with van der Waals surface area (Å²) in [5, 5.41) is 2.29. The fourth-order valence-corrected chi connectivity index (χ4v) is 12.9. The molecular weight excluding hydrogens is 985 g/mol. The smallest absolute Gasteiger partial charge is 0.137 e. The van der Waals surface area contributed by atoms with Crippen LogP contribution >= 0.6 is 0 Å². The summed E-state index contributed by atoms with van der Waals surface area (Å²) in [5.74, 6) is 2.36. The summed E-state index contributed by atoms with van der Waals surface area (Å²) < 4.78 is 9.76. The minimum Gasteiger partial charge on any atom is -0.457 e. The van der Waals surface area contributed by atoms with E-state index in [4.69, 9.17) is 9.72 Å². The molecule has 0 saturated heterocycles. The van der Waals surface area contributed by atoms with Crippen LogP contribution in [0.4, 0.5) is 22.7 Å². The zero-order valence-electron chi connectivity index (χ0n) is 47.1. The molecule has 2 aromatic heterocycles. The number of benzene rings is 10. The van der Waals surface area contributed by atoms with Crippen LogP contribution in [0.5, 0.6) is 11.5 Å². The van der Waals surface area contributed by atoms with Gasteiger partial charge in [-0.25, -0.2) is 4.98 Å². The second-order valence-corrected chi connectivity index (χ2v) is 24.2. The van der Waals surface area contributed by atoms with Gasteiger partial charge in [-0.3, -0.25) is 4.57 Å². The molecule has 0 unspecified atom stereocenters. The first-order valence-electron chi connectivity index (χ1n) is 28.4. The molecule has 0 fully saturated rings. The lowest BCUT2D eigenvalue weighted by molar-refractivity contribution is 0.481. The first kappa shape index (κ1) is 49.8. The third-order valence-corrected chi connectivity index (χ3v) is 17.1. The van der Waals surface area contributed by atoms with Gasteiger partial charge in [0.15, 0.2) is 0 Å². The van der Waals surface area contributed by atoms with Crippen LogP contribution in [0.15, 0.2) is 249 Å². The van der Waals surface area contributed by atoms with Gasteiger partial charge >= 0.3 is 0 Å². The van der Waals surface area contributed by atoms with E-state index in [2.05, 4.69) is 305 Å². The summed E-state index contributed by atoms with van der Waals surface area (Å²) in [6, 6.07) is 88.8. The Kier molecular flexibility index (Phi) is 11.8. The predicted molar refractivity (Wildman–Crippen MR) is 338 cm³/mol. The maximum atomic E-state index is 7.41. The van der Waals surface area contributed by atoms with Crippen molar-refractivity contribution in [2.75, 3.05) is 16.5 Å². The van der Waals surface area contributed by atoms with E-state index in [-0.39, 0.29) is 10.8 Å². The van der Waals surface area contributed by atoms with Gasteiger partial charge in [0.2, 0.25) is 0 Å². The Morgan fingerprint density at radius 3 is 1.58 bits per heavy atom. The molecule has 14 rings (SSSR count). The van der Waals surface area contributed by atoms with E-state index in [0.29, 0.717) is 6.67 Å². The van der Waals surface area contributed by atoms with Crippen LogP contribution < -0.4 is 14.5 Å². The zero-order valence-corrected chi connectivity index (χ0v) is 47.1. The van der Waals surface area contributed by atoms with Gasteiger partial charge in [0.05, 0.1) is 28.1 Å². The highest BCUT2D eigenvalue weighted by molar-refractivity contribution is 6.14. The fraction of sp³-hybridized carbons (Fsp3) is 0.145. The molecule has 0 atom stereocenters. The lowest BCUT2D eigenvalue weighted by Gasteiger charge is -2.31. The lowest BCUT2D eigenvalue weighted by atomic mass is 9.74. The van der Waals surface area contributed by atoms with E-state index in [0.717, 1.165) is 72.9 Å². The minimum absolute atomic E-state index is 0.0785. The second-order valence-electron chi connectivity index (χ2n) is 24.2. The molecule has 0 N–H and O–H groups in total. The number of anilines is 4. The Bertz CT molecular complexity index is 4280. The van der Waals surface area contributed by atoms with Gasteiger partial charge < -0.3 is 14.5 Å². The van der Waals surface area contributed by atoms with Crippen LogP contribution in [0.25, 0.3) is 72.1 Å². The monoisotopic (exact) mass is 1050 g/mol. The Labute approximate surface area is 476 Å². The maximum absolute atomic E-state index is 7.41. The molecular formula is C76H64N4O. The lowest BCUT2D eigenvalue weighted by Crippen LogP contribution is -2.27. The van der Waals surface area contributed by atoms with Crippen molar-refractivity contribution in [3.8, 4) is 61.8 Å². The number of para-hydroxylation sites is 3. The molecule has 5 heteroatoms. The molecule has 5 nitrogen and oxygen atoms in total. The van der Waals surface area contributed by atoms with E-state index in [1.807, 2.05) is 6.20 Å². The summed E-state index contributed by atoms with van der Waals surface area (Å²) in [6.45, 7) is 16.7. The Morgan fingerprint density at radius 2 is 0.975 bits per heavy atom. The number of hydrogen-bond acceptors (Lipinski definition) is 4. The molecule has 0 saturated carbocycles. The van der Waals surface area contributed by atoms with Crippen molar-refractivity contribution in [2.45, 2.75) is 64.7 Å². The van der Waals surface area contributed by atoms with Crippen molar-refractivity contribution >= 4 is 44.6 Å². The number of nitrogens with zero attached hydrogens (tertiary/aromatic N) is 4. The van der Waals surface area contributed by atoms with Gasteiger partial charge in [-0.15, -0.1) is 0 Å². The van der Waals surface area contributed by atoms with Crippen LogP contribution in [0.3, 0.4) is 0 Å². The fourth-order valence-electron chi connectivity index (χ4n) is 12.9. The standard InChI is InChI=1S/C76H64N4O/c1-74(2,3)53-40-41-77-71(46-53)80-70-48-57(38-39-62(70)63-33-23-32-59(73(63)80)50-24-11-8-12-25-50)81-58-43-55(76(7)66-34-19-17-30-60(66)61-31-18-20-35-67(61)76)42-56(47-58)78-49-79(69-37-22-21-36-68(69)78)72-64(51-26-13-9-14-27-51)44-54(75(4,5)6)45-65(72)52-28-15-10-16-29-52/h8-48H,49H2,1-7H3. The molecule has 1 aliphatic carbocycles. The van der Waals surface area contributed by atoms with Crippen molar-refractivity contribution in [1.29, 1.82) is 0 Å². The molecule has 12 aromatic rings. The topological polar surface area (TPSA) is 33.5 Å². The van der Waals surface area contributed by atoms with Crippen molar-refractivity contribution in [3.05, 3.63) is 277 Å². The van der Waals surface area contributed by atoms with Crippen LogP contribution in [-0.4, -0.2) is 16.2 Å². The van der Waals surface area contributed by atoms with Gasteiger partial charge in [-0.05, 0) is 134 Å². The van der Waals surface area contributed by atoms with Gasteiger partial charge in [0, 0.05) is 56.9 Å². The van der Waals surface area contributed by atoms with Crippen molar-refractivity contribution < 1.29 is 4.74 Å². The Hall–Kier alpha value is -9.45. The second kappa shape index (κ2) is 19.1. The van der Waals surface area contributed by atoms with Gasteiger partial charge in [0.25, 0.3) is 0 Å². The molecule has 81 heavy (non-hydrogen) atoms. The van der Waals surface area contributed by atoms with E-state index >= 15 is 0 Å². The van der Waals surface area contributed by atoms with E-state index in [1.165, 1.54) is 61.3 Å². The summed E-state index contributed by atoms with van der Waals surface area (Å²) >= 11 is 0. The molecule has 1 aliphatic heterocycles.